The molecule has 0 N–H and O–H groups in total. The zero-order valence-corrected chi connectivity index (χ0v) is 10.4. The van der Waals surface area contributed by atoms with E-state index in [0.717, 1.165) is 13.1 Å². The molecule has 0 amide bonds. The number of alkyl halides is 1. The van der Waals surface area contributed by atoms with Crippen molar-refractivity contribution in [3.63, 3.8) is 0 Å². The second-order valence-corrected chi connectivity index (χ2v) is 4.37. The third kappa shape index (κ3) is 3.97. The molecule has 0 saturated heterocycles. The zero-order chi connectivity index (χ0) is 12.6. The van der Waals surface area contributed by atoms with Crippen molar-refractivity contribution in [3.05, 3.63) is 71.8 Å². The van der Waals surface area contributed by atoms with Gasteiger partial charge in [0.15, 0.2) is 0 Å². The molecule has 1 nitrogen and oxygen atoms in total. The molecule has 0 aliphatic rings. The Hall–Kier alpha value is -1.67. The number of halogens is 1. The second-order valence-electron chi connectivity index (χ2n) is 4.37. The molecule has 2 rings (SSSR count). The number of hydrogen-bond donors (Lipinski definition) is 0. The second kappa shape index (κ2) is 6.92. The molecule has 0 radical (unpaired) electrons. The van der Waals surface area contributed by atoms with E-state index in [-0.39, 0.29) is 6.67 Å². The quantitative estimate of drug-likeness (QED) is 0.748. The normalized spacial score (nSPS) is 10.8. The molecular formula is C16H18FN. The molecule has 0 aliphatic heterocycles. The van der Waals surface area contributed by atoms with E-state index in [1.807, 2.05) is 36.4 Å². The van der Waals surface area contributed by atoms with E-state index in [4.69, 9.17) is 0 Å². The minimum Gasteiger partial charge on any atom is -0.292 e. The fourth-order valence-electron chi connectivity index (χ4n) is 2.02. The van der Waals surface area contributed by atoms with Crippen LogP contribution in [0.1, 0.15) is 11.1 Å². The summed E-state index contributed by atoms with van der Waals surface area (Å²) in [5.74, 6) is 0. The summed E-state index contributed by atoms with van der Waals surface area (Å²) in [6.45, 7) is 1.75. The Balaban J connectivity index is 2.00. The average molecular weight is 243 g/mol. The van der Waals surface area contributed by atoms with Crippen molar-refractivity contribution in [2.24, 2.45) is 0 Å². The molecular weight excluding hydrogens is 225 g/mol. The predicted octanol–water partition coefficient (Wildman–Crippen LogP) is 3.66. The van der Waals surface area contributed by atoms with Crippen molar-refractivity contribution in [3.8, 4) is 0 Å². The molecule has 0 spiro atoms. The van der Waals surface area contributed by atoms with E-state index in [1.54, 1.807) is 0 Å². The molecule has 0 aromatic heterocycles. The van der Waals surface area contributed by atoms with Gasteiger partial charge in [-0.05, 0) is 11.1 Å². The topological polar surface area (TPSA) is 3.24 Å². The first-order chi connectivity index (χ1) is 8.88. The van der Waals surface area contributed by atoms with Crippen molar-refractivity contribution in [1.29, 1.82) is 0 Å². The molecule has 0 bridgehead atoms. The fraction of sp³-hybridized carbons (Fsp3) is 0.250. The van der Waals surface area contributed by atoms with Gasteiger partial charge in [0.25, 0.3) is 0 Å². The third-order valence-corrected chi connectivity index (χ3v) is 2.90. The van der Waals surface area contributed by atoms with E-state index in [1.165, 1.54) is 11.1 Å². The van der Waals surface area contributed by atoms with Crippen LogP contribution in [0.2, 0.25) is 0 Å². The minimum absolute atomic E-state index is 0.306. The largest absolute Gasteiger partial charge is 0.292 e. The summed E-state index contributed by atoms with van der Waals surface area (Å²) < 4.78 is 12.6. The Labute approximate surface area is 108 Å². The lowest BCUT2D eigenvalue weighted by Gasteiger charge is -2.21. The molecule has 0 fully saturated rings. The standard InChI is InChI=1S/C16H18FN/c17-11-12-18(13-15-7-3-1-4-8-15)14-16-9-5-2-6-10-16/h1-10H,11-14H2. The van der Waals surface area contributed by atoms with Gasteiger partial charge in [0.1, 0.15) is 6.67 Å². The summed E-state index contributed by atoms with van der Waals surface area (Å²) in [5, 5.41) is 0. The number of benzene rings is 2. The van der Waals surface area contributed by atoms with Crippen molar-refractivity contribution >= 4 is 0 Å². The van der Waals surface area contributed by atoms with Crippen LogP contribution in [0.5, 0.6) is 0 Å². The summed E-state index contributed by atoms with van der Waals surface area (Å²) in [4.78, 5) is 2.13. The van der Waals surface area contributed by atoms with Gasteiger partial charge < -0.3 is 0 Å². The van der Waals surface area contributed by atoms with Gasteiger partial charge in [-0.2, -0.15) is 0 Å². The van der Waals surface area contributed by atoms with Crippen LogP contribution in [0.3, 0.4) is 0 Å². The van der Waals surface area contributed by atoms with Gasteiger partial charge in [-0.15, -0.1) is 0 Å². The van der Waals surface area contributed by atoms with E-state index in [2.05, 4.69) is 29.2 Å². The molecule has 18 heavy (non-hydrogen) atoms. The highest BCUT2D eigenvalue weighted by Crippen LogP contribution is 2.09. The van der Waals surface area contributed by atoms with Crippen molar-refractivity contribution in [2.75, 3.05) is 13.2 Å². The lowest BCUT2D eigenvalue weighted by Crippen LogP contribution is -2.25. The molecule has 2 aromatic carbocycles. The van der Waals surface area contributed by atoms with Gasteiger partial charge in [0, 0.05) is 19.6 Å². The summed E-state index contributed by atoms with van der Waals surface area (Å²) >= 11 is 0. The maximum Gasteiger partial charge on any atom is 0.102 e. The lowest BCUT2D eigenvalue weighted by atomic mass is 10.1. The maximum atomic E-state index is 12.6. The molecule has 2 aromatic rings. The van der Waals surface area contributed by atoms with Gasteiger partial charge in [0.05, 0.1) is 0 Å². The summed E-state index contributed by atoms with van der Waals surface area (Å²) in [6.07, 6.45) is 0. The first-order valence-corrected chi connectivity index (χ1v) is 6.24. The Morgan fingerprint density at radius 1 is 0.722 bits per heavy atom. The number of hydrogen-bond acceptors (Lipinski definition) is 1. The Morgan fingerprint density at radius 3 is 1.56 bits per heavy atom. The van der Waals surface area contributed by atoms with Crippen LogP contribution in [0.15, 0.2) is 60.7 Å². The predicted molar refractivity (Wildman–Crippen MR) is 73.0 cm³/mol. The minimum atomic E-state index is -0.306. The highest BCUT2D eigenvalue weighted by atomic mass is 19.1. The molecule has 0 aliphatic carbocycles. The van der Waals surface area contributed by atoms with Gasteiger partial charge in [-0.25, -0.2) is 4.39 Å². The van der Waals surface area contributed by atoms with Gasteiger partial charge in [-0.3, -0.25) is 4.90 Å². The summed E-state index contributed by atoms with van der Waals surface area (Å²) in [6, 6.07) is 20.4. The molecule has 2 heteroatoms. The van der Waals surface area contributed by atoms with Crippen molar-refractivity contribution < 1.29 is 4.39 Å². The van der Waals surface area contributed by atoms with Crippen molar-refractivity contribution in [1.82, 2.24) is 4.90 Å². The molecule has 0 atom stereocenters. The van der Waals surface area contributed by atoms with Gasteiger partial charge in [0.2, 0.25) is 0 Å². The van der Waals surface area contributed by atoms with E-state index >= 15 is 0 Å². The van der Waals surface area contributed by atoms with E-state index < -0.39 is 0 Å². The third-order valence-electron chi connectivity index (χ3n) is 2.90. The fourth-order valence-corrected chi connectivity index (χ4v) is 2.02. The molecule has 0 heterocycles. The Kier molecular flexibility index (Phi) is 4.91. The molecule has 0 saturated carbocycles. The van der Waals surface area contributed by atoms with Crippen LogP contribution >= 0.6 is 0 Å². The smallest absolute Gasteiger partial charge is 0.102 e. The lowest BCUT2D eigenvalue weighted by molar-refractivity contribution is 0.232. The van der Waals surface area contributed by atoms with E-state index in [9.17, 15) is 4.39 Å². The Bertz CT molecular complexity index is 400. The van der Waals surface area contributed by atoms with Gasteiger partial charge >= 0.3 is 0 Å². The zero-order valence-electron chi connectivity index (χ0n) is 10.4. The summed E-state index contributed by atoms with van der Waals surface area (Å²) in [5.41, 5.74) is 2.45. The SMILES string of the molecule is FCCN(Cc1ccccc1)Cc1ccccc1. The monoisotopic (exact) mass is 243 g/mol. The van der Waals surface area contributed by atoms with Crippen LogP contribution in [-0.4, -0.2) is 18.1 Å². The first-order valence-electron chi connectivity index (χ1n) is 6.24. The van der Waals surface area contributed by atoms with Crippen LogP contribution < -0.4 is 0 Å². The maximum absolute atomic E-state index is 12.6. The first kappa shape index (κ1) is 12.8. The van der Waals surface area contributed by atoms with Crippen LogP contribution in [0, 0.1) is 0 Å². The average Bonchev–Trinajstić information content (AvgIpc) is 2.41. The highest BCUT2D eigenvalue weighted by Gasteiger charge is 2.06. The molecule has 0 unspecified atom stereocenters. The molecule has 94 valence electrons. The van der Waals surface area contributed by atoms with E-state index in [0.29, 0.717) is 6.54 Å². The number of rotatable bonds is 6. The van der Waals surface area contributed by atoms with Crippen LogP contribution in [0.4, 0.5) is 4.39 Å². The van der Waals surface area contributed by atoms with Crippen molar-refractivity contribution in [2.45, 2.75) is 13.1 Å². The number of nitrogens with zero attached hydrogens (tertiary/aromatic N) is 1. The van der Waals surface area contributed by atoms with Crippen LogP contribution in [0.25, 0.3) is 0 Å². The van der Waals surface area contributed by atoms with Gasteiger partial charge in [-0.1, -0.05) is 60.7 Å². The summed E-state index contributed by atoms with van der Waals surface area (Å²) in [7, 11) is 0. The highest BCUT2D eigenvalue weighted by molar-refractivity contribution is 5.17. The van der Waals surface area contributed by atoms with Crippen LogP contribution in [-0.2, 0) is 13.1 Å². The Morgan fingerprint density at radius 2 is 1.17 bits per heavy atom.